The second kappa shape index (κ2) is 10.2. The van der Waals surface area contributed by atoms with Gasteiger partial charge in [-0.1, -0.05) is 24.3 Å². The molecule has 2 heterocycles. The van der Waals surface area contributed by atoms with Crippen molar-refractivity contribution in [2.45, 2.75) is 13.0 Å². The molecule has 1 aliphatic heterocycles. The van der Waals surface area contributed by atoms with Gasteiger partial charge in [0.1, 0.15) is 11.6 Å². The van der Waals surface area contributed by atoms with Crippen molar-refractivity contribution in [3.8, 4) is 0 Å². The number of rotatable bonds is 6. The highest BCUT2D eigenvalue weighted by Gasteiger charge is 2.18. The Morgan fingerprint density at radius 2 is 1.91 bits per heavy atom. The number of hydrogen-bond donors (Lipinski definition) is 1. The van der Waals surface area contributed by atoms with E-state index >= 15 is 0 Å². The lowest BCUT2D eigenvalue weighted by atomic mass is 10.2. The Morgan fingerprint density at radius 3 is 2.67 bits per heavy atom. The standard InChI is InChI=1S/C24H24FN5O3/c25-22-8-2-1-7-21(22)24(31)27-19-9-10-23(26-16-19)29-12-4-11-28(13-14-29)17-18-5-3-6-20(15-18)30(32)33/h1-3,5-10,15-16H,4,11-14,17H2,(H,27,31). The Hall–Kier alpha value is -3.85. The van der Waals surface area contributed by atoms with E-state index in [1.165, 1.54) is 24.3 Å². The summed E-state index contributed by atoms with van der Waals surface area (Å²) in [5, 5.41) is 13.7. The summed E-state index contributed by atoms with van der Waals surface area (Å²) in [6, 6.07) is 16.2. The van der Waals surface area contributed by atoms with Gasteiger partial charge >= 0.3 is 0 Å². The molecular weight excluding hydrogens is 425 g/mol. The Kier molecular flexibility index (Phi) is 6.89. The fourth-order valence-corrected chi connectivity index (χ4v) is 3.88. The molecule has 8 nitrogen and oxygen atoms in total. The van der Waals surface area contributed by atoms with E-state index in [0.717, 1.165) is 44.0 Å². The minimum absolute atomic E-state index is 0.0158. The van der Waals surface area contributed by atoms with Crippen LogP contribution in [0.25, 0.3) is 0 Å². The van der Waals surface area contributed by atoms with Gasteiger partial charge in [-0.05, 0) is 36.2 Å². The van der Waals surface area contributed by atoms with Crippen LogP contribution in [0.3, 0.4) is 0 Å². The van der Waals surface area contributed by atoms with Crippen molar-refractivity contribution >= 4 is 23.1 Å². The van der Waals surface area contributed by atoms with Crippen molar-refractivity contribution in [1.29, 1.82) is 0 Å². The number of carbonyl (C=O) groups is 1. The molecule has 4 rings (SSSR count). The predicted molar refractivity (Wildman–Crippen MR) is 124 cm³/mol. The highest BCUT2D eigenvalue weighted by Crippen LogP contribution is 2.19. The minimum atomic E-state index is -0.571. The molecule has 0 radical (unpaired) electrons. The normalized spacial score (nSPS) is 14.5. The van der Waals surface area contributed by atoms with Gasteiger partial charge in [0.05, 0.1) is 22.4 Å². The van der Waals surface area contributed by atoms with E-state index < -0.39 is 11.7 Å². The van der Waals surface area contributed by atoms with E-state index in [1.807, 2.05) is 12.1 Å². The molecule has 0 bridgehead atoms. The van der Waals surface area contributed by atoms with Crippen LogP contribution in [0.15, 0.2) is 66.9 Å². The molecule has 1 amide bonds. The van der Waals surface area contributed by atoms with Crippen LogP contribution in [0.5, 0.6) is 0 Å². The molecule has 9 heteroatoms. The van der Waals surface area contributed by atoms with Crippen molar-refractivity contribution in [3.05, 3.63) is 93.9 Å². The summed E-state index contributed by atoms with van der Waals surface area (Å²) in [6.07, 6.45) is 2.50. The van der Waals surface area contributed by atoms with Crippen LogP contribution in [0.2, 0.25) is 0 Å². The summed E-state index contributed by atoms with van der Waals surface area (Å²) < 4.78 is 13.8. The molecule has 1 saturated heterocycles. The molecule has 1 fully saturated rings. The van der Waals surface area contributed by atoms with Gasteiger partial charge in [0.15, 0.2) is 0 Å². The number of amides is 1. The molecular formula is C24H24FN5O3. The molecule has 2 aromatic carbocycles. The van der Waals surface area contributed by atoms with E-state index in [9.17, 15) is 19.3 Å². The number of nitro benzene ring substituents is 1. The fraction of sp³-hybridized carbons (Fsp3) is 0.250. The molecule has 1 aliphatic rings. The zero-order valence-electron chi connectivity index (χ0n) is 18.0. The first-order chi connectivity index (χ1) is 16.0. The summed E-state index contributed by atoms with van der Waals surface area (Å²) in [5.74, 6) is -0.288. The number of halogens is 1. The minimum Gasteiger partial charge on any atom is -0.355 e. The largest absolute Gasteiger partial charge is 0.355 e. The van der Waals surface area contributed by atoms with Crippen LogP contribution < -0.4 is 10.2 Å². The molecule has 0 spiro atoms. The number of aromatic nitrogens is 1. The predicted octanol–water partition coefficient (Wildman–Crippen LogP) is 4.09. The third kappa shape index (κ3) is 5.69. The molecule has 1 N–H and O–H groups in total. The molecule has 170 valence electrons. The Balaban J connectivity index is 1.34. The Bertz CT molecular complexity index is 1140. The smallest absolute Gasteiger partial charge is 0.269 e. The number of nitrogens with one attached hydrogen (secondary N) is 1. The maximum absolute atomic E-state index is 13.8. The molecule has 1 aromatic heterocycles. The quantitative estimate of drug-likeness (QED) is 0.450. The lowest BCUT2D eigenvalue weighted by molar-refractivity contribution is -0.384. The van der Waals surface area contributed by atoms with Crippen molar-refractivity contribution in [2.24, 2.45) is 0 Å². The van der Waals surface area contributed by atoms with Crippen molar-refractivity contribution in [3.63, 3.8) is 0 Å². The lowest BCUT2D eigenvalue weighted by Gasteiger charge is -2.23. The summed E-state index contributed by atoms with van der Waals surface area (Å²) in [5.41, 5.74) is 1.51. The molecule has 0 unspecified atom stereocenters. The SMILES string of the molecule is O=C(Nc1ccc(N2CCCN(Cc3cccc([N+](=O)[O-])c3)CC2)nc1)c1ccccc1F. The number of carbonyl (C=O) groups excluding carboxylic acids is 1. The second-order valence-corrected chi connectivity index (χ2v) is 7.88. The fourth-order valence-electron chi connectivity index (χ4n) is 3.88. The average Bonchev–Trinajstić information content (AvgIpc) is 3.05. The van der Waals surface area contributed by atoms with Gasteiger partial charge in [-0.25, -0.2) is 9.37 Å². The van der Waals surface area contributed by atoms with Gasteiger partial charge in [-0.15, -0.1) is 0 Å². The summed E-state index contributed by atoms with van der Waals surface area (Å²) >= 11 is 0. The summed E-state index contributed by atoms with van der Waals surface area (Å²) in [7, 11) is 0. The van der Waals surface area contributed by atoms with Crippen molar-refractivity contribution < 1.29 is 14.1 Å². The van der Waals surface area contributed by atoms with Crippen LogP contribution in [0.1, 0.15) is 22.3 Å². The molecule has 0 atom stereocenters. The van der Waals surface area contributed by atoms with E-state index in [1.54, 1.807) is 30.5 Å². The zero-order valence-corrected chi connectivity index (χ0v) is 18.0. The molecule has 33 heavy (non-hydrogen) atoms. The van der Waals surface area contributed by atoms with E-state index in [0.29, 0.717) is 12.2 Å². The van der Waals surface area contributed by atoms with Crippen LogP contribution in [0, 0.1) is 15.9 Å². The average molecular weight is 449 g/mol. The summed E-state index contributed by atoms with van der Waals surface area (Å²) in [6.45, 7) is 3.94. The number of anilines is 2. The molecule has 3 aromatic rings. The van der Waals surface area contributed by atoms with Crippen LogP contribution >= 0.6 is 0 Å². The number of hydrogen-bond acceptors (Lipinski definition) is 6. The number of benzene rings is 2. The Morgan fingerprint density at radius 1 is 1.06 bits per heavy atom. The number of non-ortho nitro benzene ring substituents is 1. The van der Waals surface area contributed by atoms with Crippen LogP contribution in [-0.4, -0.2) is 46.9 Å². The highest BCUT2D eigenvalue weighted by molar-refractivity contribution is 6.04. The summed E-state index contributed by atoms with van der Waals surface area (Å²) in [4.78, 5) is 31.8. The third-order valence-corrected chi connectivity index (χ3v) is 5.56. The van der Waals surface area contributed by atoms with Gasteiger partial charge in [0.2, 0.25) is 0 Å². The van der Waals surface area contributed by atoms with Gasteiger partial charge < -0.3 is 10.2 Å². The molecule has 0 saturated carbocycles. The first-order valence-corrected chi connectivity index (χ1v) is 10.7. The maximum Gasteiger partial charge on any atom is 0.269 e. The van der Waals surface area contributed by atoms with Crippen LogP contribution in [0.4, 0.5) is 21.6 Å². The van der Waals surface area contributed by atoms with Gasteiger partial charge in [-0.2, -0.15) is 0 Å². The number of nitro groups is 1. The first-order valence-electron chi connectivity index (χ1n) is 10.7. The van der Waals surface area contributed by atoms with Gasteiger partial charge in [0, 0.05) is 44.9 Å². The van der Waals surface area contributed by atoms with Gasteiger partial charge in [0.25, 0.3) is 11.6 Å². The zero-order chi connectivity index (χ0) is 23.2. The van der Waals surface area contributed by atoms with Crippen LogP contribution in [-0.2, 0) is 6.54 Å². The molecule has 0 aliphatic carbocycles. The van der Waals surface area contributed by atoms with Crippen molar-refractivity contribution in [1.82, 2.24) is 9.88 Å². The second-order valence-electron chi connectivity index (χ2n) is 7.88. The lowest BCUT2D eigenvalue weighted by Crippen LogP contribution is -2.31. The van der Waals surface area contributed by atoms with E-state index in [2.05, 4.69) is 20.1 Å². The first kappa shape index (κ1) is 22.3. The number of nitrogens with zero attached hydrogens (tertiary/aromatic N) is 4. The topological polar surface area (TPSA) is 91.6 Å². The maximum atomic E-state index is 13.8. The highest BCUT2D eigenvalue weighted by atomic mass is 19.1. The number of pyridine rings is 1. The van der Waals surface area contributed by atoms with Gasteiger partial charge in [-0.3, -0.25) is 19.8 Å². The van der Waals surface area contributed by atoms with E-state index in [4.69, 9.17) is 0 Å². The van der Waals surface area contributed by atoms with E-state index in [-0.39, 0.29) is 16.2 Å². The van der Waals surface area contributed by atoms with Crippen molar-refractivity contribution in [2.75, 3.05) is 36.4 Å². The Labute approximate surface area is 190 Å². The monoisotopic (exact) mass is 449 g/mol. The third-order valence-electron chi connectivity index (χ3n) is 5.56.